The molecule has 2 bridgehead atoms. The molecule has 2 amide bonds. The highest BCUT2D eigenvalue weighted by Crippen LogP contribution is 2.72. The summed E-state index contributed by atoms with van der Waals surface area (Å²) in [5, 5.41) is 1.12. The number of anilines is 1. The molecule has 0 aromatic heterocycles. The van der Waals surface area contributed by atoms with Crippen LogP contribution in [0.1, 0.15) is 42.5 Å². The molecule has 2 aromatic carbocycles. The number of ether oxygens (including phenoxy) is 1. The van der Waals surface area contributed by atoms with Crippen molar-refractivity contribution in [3.05, 3.63) is 58.1 Å². The number of nitrogens with zero attached hydrogens (tertiary/aromatic N) is 2. The van der Waals surface area contributed by atoms with Crippen molar-refractivity contribution in [1.82, 2.24) is 4.90 Å². The lowest BCUT2D eigenvalue weighted by Gasteiger charge is -2.73. The van der Waals surface area contributed by atoms with Crippen LogP contribution in [0.4, 0.5) is 10.5 Å². The van der Waals surface area contributed by atoms with Crippen molar-refractivity contribution in [1.29, 1.82) is 0 Å². The van der Waals surface area contributed by atoms with Gasteiger partial charge in [-0.3, -0.25) is 14.5 Å². The summed E-state index contributed by atoms with van der Waals surface area (Å²) < 4.78 is 5.85. The largest absolute Gasteiger partial charge is 0.481 e. The number of Topliss-reactive ketones (excluding diaryl/α,β-unsaturated/α-hetero) is 2. The Kier molecular flexibility index (Phi) is 4.59. The Labute approximate surface area is 201 Å². The van der Waals surface area contributed by atoms with E-state index in [2.05, 4.69) is 0 Å². The molecule has 0 spiro atoms. The highest BCUT2D eigenvalue weighted by molar-refractivity contribution is 6.31. The third-order valence-electron chi connectivity index (χ3n) is 7.62. The second kappa shape index (κ2) is 7.21. The molecular weight excluding hydrogens is 463 g/mol. The van der Waals surface area contributed by atoms with E-state index in [0.717, 1.165) is 24.9 Å². The lowest BCUT2D eigenvalue weighted by atomic mass is 9.37. The lowest BCUT2D eigenvalue weighted by molar-refractivity contribution is -0.204. The molecule has 2 aromatic rings. The molecule has 2 heterocycles. The Balaban J connectivity index is 1.08. The van der Waals surface area contributed by atoms with Gasteiger partial charge in [-0.05, 0) is 67.1 Å². The van der Waals surface area contributed by atoms with Crippen LogP contribution < -0.4 is 9.64 Å². The van der Waals surface area contributed by atoms with E-state index in [1.807, 2.05) is 17.0 Å². The zero-order chi connectivity index (χ0) is 23.0. The smallest absolute Gasteiger partial charge is 0.325 e. The minimum atomic E-state index is -0.745. The normalized spacial score (nSPS) is 29.8. The van der Waals surface area contributed by atoms with Gasteiger partial charge in [0.1, 0.15) is 5.75 Å². The SMILES string of the molecule is O=C1C[C@H](C(=O)CC23CC(N4CCN(c5ccc(Cl)cc5)C4=O)(C2)C3)Oc2ccc(Cl)cc21. The van der Waals surface area contributed by atoms with Gasteiger partial charge in [-0.1, -0.05) is 23.2 Å². The first kappa shape index (κ1) is 21.0. The van der Waals surface area contributed by atoms with Crippen LogP contribution >= 0.6 is 23.2 Å². The summed E-state index contributed by atoms with van der Waals surface area (Å²) in [6.07, 6.45) is 2.19. The van der Waals surface area contributed by atoms with E-state index in [4.69, 9.17) is 27.9 Å². The molecule has 0 N–H and O–H groups in total. The van der Waals surface area contributed by atoms with Crippen LogP contribution in [0, 0.1) is 5.41 Å². The van der Waals surface area contributed by atoms with E-state index in [0.29, 0.717) is 40.9 Å². The van der Waals surface area contributed by atoms with Crippen LogP contribution in [-0.2, 0) is 4.79 Å². The summed E-state index contributed by atoms with van der Waals surface area (Å²) >= 11 is 11.9. The molecule has 4 fully saturated rings. The summed E-state index contributed by atoms with van der Waals surface area (Å²) in [4.78, 5) is 42.4. The van der Waals surface area contributed by atoms with Gasteiger partial charge in [0.15, 0.2) is 17.7 Å². The van der Waals surface area contributed by atoms with Crippen LogP contribution in [0.25, 0.3) is 0 Å². The maximum Gasteiger partial charge on any atom is 0.325 e. The van der Waals surface area contributed by atoms with Crippen molar-refractivity contribution in [3.63, 3.8) is 0 Å². The van der Waals surface area contributed by atoms with Crippen LogP contribution in [0.5, 0.6) is 5.75 Å². The number of carbonyl (C=O) groups is 3. The molecule has 33 heavy (non-hydrogen) atoms. The van der Waals surface area contributed by atoms with Gasteiger partial charge in [-0.15, -0.1) is 0 Å². The van der Waals surface area contributed by atoms with Crippen molar-refractivity contribution in [2.45, 2.75) is 43.7 Å². The molecule has 1 atom stereocenters. The number of carbonyl (C=O) groups excluding carboxylic acids is 3. The fourth-order valence-electron chi connectivity index (χ4n) is 6.21. The zero-order valence-electron chi connectivity index (χ0n) is 17.9. The molecule has 1 saturated heterocycles. The van der Waals surface area contributed by atoms with E-state index >= 15 is 0 Å². The average Bonchev–Trinajstić information content (AvgIpc) is 3.11. The molecule has 3 aliphatic carbocycles. The number of urea groups is 1. The Morgan fingerprint density at radius 3 is 2.42 bits per heavy atom. The van der Waals surface area contributed by atoms with Crippen molar-refractivity contribution in [2.75, 3.05) is 18.0 Å². The fourth-order valence-corrected chi connectivity index (χ4v) is 6.51. The maximum absolute atomic E-state index is 13.1. The summed E-state index contributed by atoms with van der Waals surface area (Å²) in [6, 6.07) is 12.2. The molecular formula is C25H22Cl2N2O4. The van der Waals surface area contributed by atoms with Crippen molar-refractivity contribution in [2.24, 2.45) is 5.41 Å². The van der Waals surface area contributed by atoms with E-state index in [1.165, 1.54) is 0 Å². The van der Waals surface area contributed by atoms with Crippen molar-refractivity contribution < 1.29 is 19.1 Å². The van der Waals surface area contributed by atoms with Gasteiger partial charge < -0.3 is 9.64 Å². The van der Waals surface area contributed by atoms with Gasteiger partial charge in [-0.25, -0.2) is 4.79 Å². The quantitative estimate of drug-likeness (QED) is 0.588. The predicted octanol–water partition coefficient (Wildman–Crippen LogP) is 5.15. The van der Waals surface area contributed by atoms with Gasteiger partial charge in [0.2, 0.25) is 0 Å². The predicted molar refractivity (Wildman–Crippen MR) is 124 cm³/mol. The Bertz CT molecular complexity index is 1180. The van der Waals surface area contributed by atoms with Gasteiger partial charge in [0.05, 0.1) is 12.0 Å². The Morgan fingerprint density at radius 2 is 1.70 bits per heavy atom. The van der Waals surface area contributed by atoms with Gasteiger partial charge in [0.25, 0.3) is 0 Å². The van der Waals surface area contributed by atoms with Crippen LogP contribution in [0.2, 0.25) is 10.0 Å². The number of hydrogen-bond donors (Lipinski definition) is 0. The lowest BCUT2D eigenvalue weighted by Crippen LogP contribution is -2.75. The summed E-state index contributed by atoms with van der Waals surface area (Å²) in [7, 11) is 0. The van der Waals surface area contributed by atoms with Crippen LogP contribution in [-0.4, -0.2) is 47.2 Å². The van der Waals surface area contributed by atoms with Gasteiger partial charge in [-0.2, -0.15) is 0 Å². The summed E-state index contributed by atoms with van der Waals surface area (Å²) in [5.41, 5.74) is 1.08. The number of benzene rings is 2. The molecule has 2 aliphatic heterocycles. The minimum absolute atomic E-state index is 0.0217. The average molecular weight is 485 g/mol. The number of fused-ring (bicyclic) bond motifs is 1. The highest BCUT2D eigenvalue weighted by Gasteiger charge is 2.72. The number of ketones is 2. The summed E-state index contributed by atoms with van der Waals surface area (Å²) in [5.74, 6) is 0.275. The van der Waals surface area contributed by atoms with E-state index in [9.17, 15) is 14.4 Å². The molecule has 0 radical (unpaired) electrons. The second-order valence-corrected chi connectivity index (χ2v) is 10.7. The van der Waals surface area contributed by atoms with Crippen molar-refractivity contribution in [3.8, 4) is 5.75 Å². The molecule has 170 valence electrons. The number of amides is 2. The van der Waals surface area contributed by atoms with Crippen LogP contribution in [0.3, 0.4) is 0 Å². The summed E-state index contributed by atoms with van der Waals surface area (Å²) in [6.45, 7) is 1.33. The van der Waals surface area contributed by atoms with Crippen molar-refractivity contribution >= 4 is 46.5 Å². The van der Waals surface area contributed by atoms with E-state index in [-0.39, 0.29) is 35.0 Å². The van der Waals surface area contributed by atoms with Crippen LogP contribution in [0.15, 0.2) is 42.5 Å². The van der Waals surface area contributed by atoms with Gasteiger partial charge in [0, 0.05) is 40.8 Å². The molecule has 0 unspecified atom stereocenters. The highest BCUT2D eigenvalue weighted by atomic mass is 35.5. The monoisotopic (exact) mass is 484 g/mol. The molecule has 3 saturated carbocycles. The first-order valence-corrected chi connectivity index (χ1v) is 11.9. The van der Waals surface area contributed by atoms with E-state index in [1.54, 1.807) is 35.2 Å². The molecule has 5 aliphatic rings. The minimum Gasteiger partial charge on any atom is -0.481 e. The standard InChI is InChI=1S/C25H22Cl2N2O4/c26-15-1-4-17(5-2-15)28-7-8-29(23(28)32)25-12-24(13-25,14-25)11-20(31)22-10-19(30)18-9-16(27)3-6-21(18)33-22/h1-6,9,22H,7-8,10-14H2/t22-,24?,25?/m1/s1. The first-order chi connectivity index (χ1) is 15.8. The Hall–Kier alpha value is -2.57. The molecule has 8 heteroatoms. The first-order valence-electron chi connectivity index (χ1n) is 11.1. The topological polar surface area (TPSA) is 66.9 Å². The zero-order valence-corrected chi connectivity index (χ0v) is 19.4. The Morgan fingerprint density at radius 1 is 1.00 bits per heavy atom. The molecule has 6 nitrogen and oxygen atoms in total. The van der Waals surface area contributed by atoms with Gasteiger partial charge >= 0.3 is 6.03 Å². The fraction of sp³-hybridized carbons (Fsp3) is 0.400. The third kappa shape index (κ3) is 3.26. The second-order valence-electron chi connectivity index (χ2n) is 9.83. The number of hydrogen-bond acceptors (Lipinski definition) is 4. The van der Waals surface area contributed by atoms with E-state index < -0.39 is 6.10 Å². The maximum atomic E-state index is 13.1. The number of rotatable bonds is 5. The number of halogens is 2. The third-order valence-corrected chi connectivity index (χ3v) is 8.11. The molecule has 7 rings (SSSR count).